The summed E-state index contributed by atoms with van der Waals surface area (Å²) in [5.74, 6) is 1.08. The number of rotatable bonds is 5. The van der Waals surface area contributed by atoms with Crippen LogP contribution in [0.3, 0.4) is 0 Å². The summed E-state index contributed by atoms with van der Waals surface area (Å²) in [6.45, 7) is 2.39. The standard InChI is InChI=1S/C18H17N3O3/c1-13-20-17(21-24-13)16-9-7-14(8-10-16)11-19-18(22)23-12-15-5-3-2-4-6-15/h2-10H,11-12H2,1H3,(H,19,22). The first kappa shape index (κ1) is 15.7. The molecule has 0 saturated heterocycles. The maximum Gasteiger partial charge on any atom is 0.407 e. The monoisotopic (exact) mass is 323 g/mol. The van der Waals surface area contributed by atoms with Gasteiger partial charge in [-0.3, -0.25) is 0 Å². The van der Waals surface area contributed by atoms with Crippen molar-refractivity contribution in [3.63, 3.8) is 0 Å². The van der Waals surface area contributed by atoms with Crippen molar-refractivity contribution in [3.8, 4) is 11.4 Å². The molecule has 1 N–H and O–H groups in total. The second kappa shape index (κ2) is 7.41. The lowest BCUT2D eigenvalue weighted by atomic mass is 10.1. The molecule has 0 radical (unpaired) electrons. The van der Waals surface area contributed by atoms with Crippen molar-refractivity contribution in [2.24, 2.45) is 0 Å². The molecule has 0 saturated carbocycles. The SMILES string of the molecule is Cc1nc(-c2ccc(CNC(=O)OCc3ccccc3)cc2)no1. The molecule has 0 bridgehead atoms. The molecule has 24 heavy (non-hydrogen) atoms. The molecule has 3 aromatic rings. The number of carbonyl (C=O) groups excluding carboxylic acids is 1. The summed E-state index contributed by atoms with van der Waals surface area (Å²) in [6.07, 6.45) is -0.447. The van der Waals surface area contributed by atoms with Crippen LogP contribution in [0, 0.1) is 6.92 Å². The number of alkyl carbamates (subject to hydrolysis) is 1. The number of nitrogens with one attached hydrogen (secondary N) is 1. The smallest absolute Gasteiger partial charge is 0.407 e. The van der Waals surface area contributed by atoms with Gasteiger partial charge in [0.25, 0.3) is 0 Å². The Morgan fingerprint density at radius 1 is 1.08 bits per heavy atom. The van der Waals surface area contributed by atoms with Crippen LogP contribution in [0.25, 0.3) is 11.4 Å². The first-order chi connectivity index (χ1) is 11.7. The highest BCUT2D eigenvalue weighted by Gasteiger charge is 2.06. The van der Waals surface area contributed by atoms with Crippen LogP contribution >= 0.6 is 0 Å². The lowest BCUT2D eigenvalue weighted by Gasteiger charge is -2.07. The third-order valence-corrected chi connectivity index (χ3v) is 3.39. The molecule has 1 amide bonds. The van der Waals surface area contributed by atoms with Gasteiger partial charge in [-0.05, 0) is 11.1 Å². The van der Waals surface area contributed by atoms with Gasteiger partial charge in [0.2, 0.25) is 11.7 Å². The number of aryl methyl sites for hydroxylation is 1. The highest BCUT2D eigenvalue weighted by atomic mass is 16.5. The second-order valence-corrected chi connectivity index (χ2v) is 5.25. The van der Waals surface area contributed by atoms with Gasteiger partial charge in [0.05, 0.1) is 0 Å². The molecule has 0 atom stereocenters. The van der Waals surface area contributed by atoms with Crippen LogP contribution in [-0.2, 0) is 17.9 Å². The zero-order chi connectivity index (χ0) is 16.8. The predicted molar refractivity (Wildman–Crippen MR) is 87.9 cm³/mol. The number of benzene rings is 2. The van der Waals surface area contributed by atoms with E-state index in [1.165, 1.54) is 0 Å². The maximum absolute atomic E-state index is 11.7. The molecule has 1 heterocycles. The average molecular weight is 323 g/mol. The van der Waals surface area contributed by atoms with E-state index in [9.17, 15) is 4.79 Å². The first-order valence-electron chi connectivity index (χ1n) is 7.55. The van der Waals surface area contributed by atoms with Gasteiger partial charge in [0, 0.05) is 19.0 Å². The van der Waals surface area contributed by atoms with Gasteiger partial charge in [-0.1, -0.05) is 59.8 Å². The quantitative estimate of drug-likeness (QED) is 0.778. The van der Waals surface area contributed by atoms with E-state index in [1.54, 1.807) is 6.92 Å². The minimum atomic E-state index is -0.447. The Morgan fingerprint density at radius 3 is 2.50 bits per heavy atom. The molecule has 0 aliphatic rings. The van der Waals surface area contributed by atoms with Crippen LogP contribution in [0.5, 0.6) is 0 Å². The fourth-order valence-corrected chi connectivity index (χ4v) is 2.14. The molecule has 1 aromatic heterocycles. The van der Waals surface area contributed by atoms with Crippen molar-refractivity contribution in [2.45, 2.75) is 20.1 Å². The van der Waals surface area contributed by atoms with E-state index in [2.05, 4.69) is 15.5 Å². The van der Waals surface area contributed by atoms with E-state index in [4.69, 9.17) is 9.26 Å². The summed E-state index contributed by atoms with van der Waals surface area (Å²) >= 11 is 0. The fourth-order valence-electron chi connectivity index (χ4n) is 2.14. The van der Waals surface area contributed by atoms with Gasteiger partial charge in [0.1, 0.15) is 6.61 Å². The van der Waals surface area contributed by atoms with Crippen LogP contribution in [0.4, 0.5) is 4.79 Å². The zero-order valence-electron chi connectivity index (χ0n) is 13.2. The van der Waals surface area contributed by atoms with Crippen molar-refractivity contribution < 1.29 is 14.1 Å². The lowest BCUT2D eigenvalue weighted by molar-refractivity contribution is 0.139. The number of carbonyl (C=O) groups is 1. The second-order valence-electron chi connectivity index (χ2n) is 5.25. The van der Waals surface area contributed by atoms with E-state index < -0.39 is 6.09 Å². The van der Waals surface area contributed by atoms with Crippen LogP contribution in [-0.4, -0.2) is 16.2 Å². The topological polar surface area (TPSA) is 77.2 Å². The first-order valence-corrected chi connectivity index (χ1v) is 7.55. The largest absolute Gasteiger partial charge is 0.445 e. The number of nitrogens with zero attached hydrogens (tertiary/aromatic N) is 2. The summed E-state index contributed by atoms with van der Waals surface area (Å²) in [4.78, 5) is 15.9. The molecule has 0 spiro atoms. The highest BCUT2D eigenvalue weighted by Crippen LogP contribution is 2.16. The van der Waals surface area contributed by atoms with E-state index in [-0.39, 0.29) is 6.61 Å². The third kappa shape index (κ3) is 4.19. The summed E-state index contributed by atoms with van der Waals surface area (Å²) in [6, 6.07) is 17.1. The van der Waals surface area contributed by atoms with Crippen molar-refractivity contribution in [2.75, 3.05) is 0 Å². The Hall–Kier alpha value is -3.15. The number of hydrogen-bond donors (Lipinski definition) is 1. The molecule has 3 rings (SSSR count). The van der Waals surface area contributed by atoms with Crippen molar-refractivity contribution in [1.29, 1.82) is 0 Å². The number of aromatic nitrogens is 2. The van der Waals surface area contributed by atoms with Gasteiger partial charge in [-0.25, -0.2) is 4.79 Å². The summed E-state index contributed by atoms with van der Waals surface area (Å²) in [7, 11) is 0. The molecule has 0 aliphatic heterocycles. The van der Waals surface area contributed by atoms with Crippen molar-refractivity contribution in [3.05, 3.63) is 71.6 Å². The van der Waals surface area contributed by atoms with Gasteiger partial charge < -0.3 is 14.6 Å². The molecule has 0 unspecified atom stereocenters. The summed E-state index contributed by atoms with van der Waals surface area (Å²) < 4.78 is 10.1. The van der Waals surface area contributed by atoms with Crippen molar-refractivity contribution >= 4 is 6.09 Å². The van der Waals surface area contributed by atoms with Crippen LogP contribution < -0.4 is 5.32 Å². The molecule has 122 valence electrons. The maximum atomic E-state index is 11.7. The Kier molecular flexibility index (Phi) is 4.86. The molecule has 2 aromatic carbocycles. The van der Waals surface area contributed by atoms with E-state index in [0.29, 0.717) is 18.3 Å². The van der Waals surface area contributed by atoms with Gasteiger partial charge in [0.15, 0.2) is 0 Å². The fraction of sp³-hybridized carbons (Fsp3) is 0.167. The highest BCUT2D eigenvalue weighted by molar-refractivity contribution is 5.67. The minimum Gasteiger partial charge on any atom is -0.445 e. The lowest BCUT2D eigenvalue weighted by Crippen LogP contribution is -2.23. The molecule has 6 nitrogen and oxygen atoms in total. The average Bonchev–Trinajstić information content (AvgIpc) is 3.06. The van der Waals surface area contributed by atoms with Crippen LogP contribution in [0.1, 0.15) is 17.0 Å². The van der Waals surface area contributed by atoms with Gasteiger partial charge in [-0.15, -0.1) is 0 Å². The normalized spacial score (nSPS) is 10.4. The van der Waals surface area contributed by atoms with Crippen molar-refractivity contribution in [1.82, 2.24) is 15.5 Å². The molecular weight excluding hydrogens is 306 g/mol. The van der Waals surface area contributed by atoms with Gasteiger partial charge >= 0.3 is 6.09 Å². The Bertz CT molecular complexity index is 798. The Labute approximate surface area is 139 Å². The Balaban J connectivity index is 1.48. The minimum absolute atomic E-state index is 0.253. The molecule has 0 aliphatic carbocycles. The summed E-state index contributed by atoms with van der Waals surface area (Å²) in [5.41, 5.74) is 2.77. The molecule has 0 fully saturated rings. The number of hydrogen-bond acceptors (Lipinski definition) is 5. The number of amides is 1. The van der Waals surface area contributed by atoms with E-state index in [0.717, 1.165) is 16.7 Å². The van der Waals surface area contributed by atoms with Gasteiger partial charge in [-0.2, -0.15) is 4.98 Å². The van der Waals surface area contributed by atoms with E-state index in [1.807, 2.05) is 54.6 Å². The number of ether oxygens (including phenoxy) is 1. The molecule has 6 heteroatoms. The Morgan fingerprint density at radius 2 is 1.83 bits per heavy atom. The third-order valence-electron chi connectivity index (χ3n) is 3.39. The zero-order valence-corrected chi connectivity index (χ0v) is 13.2. The van der Waals surface area contributed by atoms with Crippen LogP contribution in [0.15, 0.2) is 59.1 Å². The predicted octanol–water partition coefficient (Wildman–Crippen LogP) is 3.47. The van der Waals surface area contributed by atoms with Crippen LogP contribution in [0.2, 0.25) is 0 Å². The molecular formula is C18H17N3O3. The van der Waals surface area contributed by atoms with E-state index >= 15 is 0 Å². The summed E-state index contributed by atoms with van der Waals surface area (Å²) in [5, 5.41) is 6.59.